The maximum atomic E-state index is 12.6. The largest absolute Gasteiger partial charge is 0.384 e. The summed E-state index contributed by atoms with van der Waals surface area (Å²) < 4.78 is 5.28. The summed E-state index contributed by atoms with van der Waals surface area (Å²) in [7, 11) is 1.68. The maximum Gasteiger partial charge on any atom is 0.230 e. The van der Waals surface area contributed by atoms with Gasteiger partial charge in [0.2, 0.25) is 5.91 Å². The summed E-state index contributed by atoms with van der Waals surface area (Å²) in [4.78, 5) is 12.6. The van der Waals surface area contributed by atoms with Gasteiger partial charge in [-0.05, 0) is 31.7 Å². The van der Waals surface area contributed by atoms with E-state index in [4.69, 9.17) is 4.74 Å². The van der Waals surface area contributed by atoms with Crippen molar-refractivity contribution in [1.82, 2.24) is 10.6 Å². The molecule has 110 valence electrons. The van der Waals surface area contributed by atoms with Crippen LogP contribution < -0.4 is 10.6 Å². The second-order valence-corrected chi connectivity index (χ2v) is 6.25. The molecule has 2 N–H and O–H groups in total. The second-order valence-electron chi connectivity index (χ2n) is 6.25. The van der Waals surface area contributed by atoms with Gasteiger partial charge in [-0.3, -0.25) is 4.79 Å². The molecular formula is C15H28N2O2. The molecule has 4 nitrogen and oxygen atoms in total. The van der Waals surface area contributed by atoms with Crippen molar-refractivity contribution in [3.8, 4) is 0 Å². The molecule has 0 radical (unpaired) electrons. The highest BCUT2D eigenvalue weighted by Crippen LogP contribution is 2.30. The van der Waals surface area contributed by atoms with Gasteiger partial charge in [-0.25, -0.2) is 0 Å². The fourth-order valence-electron chi connectivity index (χ4n) is 3.53. The van der Waals surface area contributed by atoms with Crippen LogP contribution in [-0.2, 0) is 9.53 Å². The molecule has 1 heterocycles. The third-order valence-electron chi connectivity index (χ3n) is 4.84. The quantitative estimate of drug-likeness (QED) is 0.798. The van der Waals surface area contributed by atoms with E-state index in [0.29, 0.717) is 12.6 Å². The zero-order valence-corrected chi connectivity index (χ0v) is 12.3. The summed E-state index contributed by atoms with van der Waals surface area (Å²) in [6.07, 6.45) is 6.98. The third-order valence-corrected chi connectivity index (χ3v) is 4.84. The minimum Gasteiger partial charge on any atom is -0.384 e. The number of carbonyl (C=O) groups is 1. The van der Waals surface area contributed by atoms with Crippen LogP contribution in [0.25, 0.3) is 0 Å². The van der Waals surface area contributed by atoms with Crippen molar-refractivity contribution in [2.45, 2.75) is 51.5 Å². The van der Waals surface area contributed by atoms with Gasteiger partial charge in [0.1, 0.15) is 0 Å². The standard InChI is InChI=1S/C15H28N2O2/c1-3-12-5-4-6-13(9-12)17-14(18)15(11-19-2)7-8-16-10-15/h12-13,16H,3-11H2,1-2H3,(H,17,18). The minimum atomic E-state index is -0.339. The molecule has 2 aliphatic rings. The number of methoxy groups -OCH3 is 1. The maximum absolute atomic E-state index is 12.6. The lowest BCUT2D eigenvalue weighted by Gasteiger charge is -2.33. The molecule has 0 aromatic rings. The number of hydrogen-bond acceptors (Lipinski definition) is 3. The van der Waals surface area contributed by atoms with Gasteiger partial charge < -0.3 is 15.4 Å². The van der Waals surface area contributed by atoms with E-state index in [9.17, 15) is 4.79 Å². The van der Waals surface area contributed by atoms with Crippen LogP contribution in [0.1, 0.15) is 45.4 Å². The van der Waals surface area contributed by atoms with Crippen molar-refractivity contribution in [1.29, 1.82) is 0 Å². The zero-order chi connectivity index (χ0) is 13.7. The summed E-state index contributed by atoms with van der Waals surface area (Å²) in [5.41, 5.74) is -0.339. The normalized spacial score (nSPS) is 35.3. The van der Waals surface area contributed by atoms with Crippen LogP contribution in [0.3, 0.4) is 0 Å². The molecule has 2 fully saturated rings. The van der Waals surface area contributed by atoms with E-state index in [2.05, 4.69) is 17.6 Å². The van der Waals surface area contributed by atoms with Crippen molar-refractivity contribution in [3.63, 3.8) is 0 Å². The molecule has 1 aliphatic heterocycles. The average molecular weight is 268 g/mol. The summed E-state index contributed by atoms with van der Waals surface area (Å²) >= 11 is 0. The SMILES string of the molecule is CCC1CCCC(NC(=O)C2(COC)CCNC2)C1. The Hall–Kier alpha value is -0.610. The Balaban J connectivity index is 1.91. The van der Waals surface area contributed by atoms with Crippen LogP contribution >= 0.6 is 0 Å². The topological polar surface area (TPSA) is 50.4 Å². The van der Waals surface area contributed by atoms with Gasteiger partial charge in [0.05, 0.1) is 12.0 Å². The first-order valence-corrected chi connectivity index (χ1v) is 7.71. The lowest BCUT2D eigenvalue weighted by Crippen LogP contribution is -2.50. The van der Waals surface area contributed by atoms with Crippen LogP contribution in [0.2, 0.25) is 0 Å². The summed E-state index contributed by atoms with van der Waals surface area (Å²) in [5.74, 6) is 0.986. The van der Waals surface area contributed by atoms with Gasteiger partial charge in [0, 0.05) is 19.7 Å². The first kappa shape index (κ1) is 14.8. The van der Waals surface area contributed by atoms with E-state index in [1.807, 2.05) is 0 Å². The highest BCUT2D eigenvalue weighted by molar-refractivity contribution is 5.83. The average Bonchev–Trinajstić information content (AvgIpc) is 2.89. The Bertz CT molecular complexity index is 301. The second kappa shape index (κ2) is 6.71. The molecule has 0 spiro atoms. The highest BCUT2D eigenvalue weighted by atomic mass is 16.5. The molecule has 2 rings (SSSR count). The predicted octanol–water partition coefficient (Wildman–Crippen LogP) is 1.70. The molecule has 3 atom stereocenters. The molecule has 0 bridgehead atoms. The van der Waals surface area contributed by atoms with E-state index in [1.54, 1.807) is 7.11 Å². The van der Waals surface area contributed by atoms with Crippen LogP contribution in [0.5, 0.6) is 0 Å². The van der Waals surface area contributed by atoms with E-state index < -0.39 is 0 Å². The third kappa shape index (κ3) is 3.48. The molecule has 0 aromatic heterocycles. The van der Waals surface area contributed by atoms with Gasteiger partial charge >= 0.3 is 0 Å². The lowest BCUT2D eigenvalue weighted by atomic mass is 9.82. The Morgan fingerprint density at radius 3 is 2.95 bits per heavy atom. The summed E-state index contributed by atoms with van der Waals surface area (Å²) in [6, 6.07) is 0.375. The number of carbonyl (C=O) groups excluding carboxylic acids is 1. The van der Waals surface area contributed by atoms with E-state index in [1.165, 1.54) is 19.3 Å². The van der Waals surface area contributed by atoms with E-state index in [-0.39, 0.29) is 11.3 Å². The molecule has 4 heteroatoms. The van der Waals surface area contributed by atoms with Gasteiger partial charge in [-0.15, -0.1) is 0 Å². The Morgan fingerprint density at radius 1 is 1.47 bits per heavy atom. The number of rotatable bonds is 5. The van der Waals surface area contributed by atoms with E-state index >= 15 is 0 Å². The Kier molecular flexibility index (Phi) is 5.22. The van der Waals surface area contributed by atoms with Crippen LogP contribution in [0.4, 0.5) is 0 Å². The first-order valence-electron chi connectivity index (χ1n) is 7.71. The van der Waals surface area contributed by atoms with Crippen LogP contribution in [0.15, 0.2) is 0 Å². The van der Waals surface area contributed by atoms with Crippen LogP contribution in [-0.4, -0.2) is 38.8 Å². The van der Waals surface area contributed by atoms with Crippen molar-refractivity contribution < 1.29 is 9.53 Å². The number of amides is 1. The zero-order valence-electron chi connectivity index (χ0n) is 12.3. The van der Waals surface area contributed by atoms with Crippen molar-refractivity contribution in [2.75, 3.05) is 26.8 Å². The molecule has 1 saturated heterocycles. The molecule has 0 aromatic carbocycles. The van der Waals surface area contributed by atoms with Crippen molar-refractivity contribution in [2.24, 2.45) is 11.3 Å². The van der Waals surface area contributed by atoms with Crippen LogP contribution in [0, 0.1) is 11.3 Å². The summed E-state index contributed by atoms with van der Waals surface area (Å²) in [5, 5.41) is 6.59. The molecular weight excluding hydrogens is 240 g/mol. The lowest BCUT2D eigenvalue weighted by molar-refractivity contribution is -0.134. The smallest absolute Gasteiger partial charge is 0.230 e. The molecule has 1 amide bonds. The highest BCUT2D eigenvalue weighted by Gasteiger charge is 2.42. The number of hydrogen-bond donors (Lipinski definition) is 2. The first-order chi connectivity index (χ1) is 9.20. The fourth-order valence-corrected chi connectivity index (χ4v) is 3.53. The monoisotopic (exact) mass is 268 g/mol. The van der Waals surface area contributed by atoms with Gasteiger partial charge in [-0.1, -0.05) is 26.2 Å². The van der Waals surface area contributed by atoms with Crippen molar-refractivity contribution >= 4 is 5.91 Å². The molecule has 3 unspecified atom stereocenters. The molecule has 19 heavy (non-hydrogen) atoms. The van der Waals surface area contributed by atoms with Gasteiger partial charge in [-0.2, -0.15) is 0 Å². The number of nitrogens with one attached hydrogen (secondary N) is 2. The van der Waals surface area contributed by atoms with Gasteiger partial charge in [0.15, 0.2) is 0 Å². The predicted molar refractivity (Wildman–Crippen MR) is 76.0 cm³/mol. The van der Waals surface area contributed by atoms with Crippen molar-refractivity contribution in [3.05, 3.63) is 0 Å². The molecule has 1 aliphatic carbocycles. The Morgan fingerprint density at radius 2 is 2.32 bits per heavy atom. The fraction of sp³-hybridized carbons (Fsp3) is 0.933. The summed E-state index contributed by atoms with van der Waals surface area (Å²) in [6.45, 7) is 4.44. The van der Waals surface area contributed by atoms with E-state index in [0.717, 1.165) is 38.3 Å². The number of ether oxygens (including phenoxy) is 1. The Labute approximate surface area is 116 Å². The minimum absolute atomic E-state index is 0.195. The molecule has 1 saturated carbocycles. The van der Waals surface area contributed by atoms with Gasteiger partial charge in [0.25, 0.3) is 0 Å².